The molecule has 0 aliphatic heterocycles. The maximum absolute atomic E-state index is 13.0. The predicted molar refractivity (Wildman–Crippen MR) is 123 cm³/mol. The number of nitrogens with one attached hydrogen (secondary N) is 2. The van der Waals surface area contributed by atoms with Crippen LogP contribution in [0.15, 0.2) is 71.2 Å². The first-order valence-corrected chi connectivity index (χ1v) is 10.0. The van der Waals surface area contributed by atoms with Crippen LogP contribution in [-0.4, -0.2) is 41.5 Å². The number of rotatable bonds is 7. The molecule has 2 aromatic carbocycles. The van der Waals surface area contributed by atoms with Gasteiger partial charge in [-0.3, -0.25) is 9.79 Å². The SMILES string of the molecule is CC(=NCCNC(=O)OC(C)(C)C)/C(C(=O)Nc1ccccc1)=C(\O)c1ccccc1. The van der Waals surface area contributed by atoms with Gasteiger partial charge >= 0.3 is 6.09 Å². The Labute approximate surface area is 182 Å². The summed E-state index contributed by atoms with van der Waals surface area (Å²) in [7, 11) is 0. The molecule has 7 nitrogen and oxygen atoms in total. The molecule has 0 atom stereocenters. The summed E-state index contributed by atoms with van der Waals surface area (Å²) >= 11 is 0. The summed E-state index contributed by atoms with van der Waals surface area (Å²) in [4.78, 5) is 29.1. The van der Waals surface area contributed by atoms with Crippen molar-refractivity contribution in [1.82, 2.24) is 5.32 Å². The van der Waals surface area contributed by atoms with Crippen molar-refractivity contribution in [3.8, 4) is 0 Å². The number of hydrogen-bond donors (Lipinski definition) is 3. The van der Waals surface area contributed by atoms with Gasteiger partial charge in [-0.05, 0) is 39.8 Å². The van der Waals surface area contributed by atoms with Crippen LogP contribution >= 0.6 is 0 Å². The third kappa shape index (κ3) is 7.97. The molecule has 31 heavy (non-hydrogen) atoms. The quantitative estimate of drug-likeness (QED) is 0.263. The van der Waals surface area contributed by atoms with E-state index in [-0.39, 0.29) is 24.4 Å². The lowest BCUT2D eigenvalue weighted by molar-refractivity contribution is -0.112. The van der Waals surface area contributed by atoms with Gasteiger partial charge in [-0.25, -0.2) is 4.79 Å². The van der Waals surface area contributed by atoms with Gasteiger partial charge < -0.3 is 20.5 Å². The fourth-order valence-electron chi connectivity index (χ4n) is 2.67. The van der Waals surface area contributed by atoms with E-state index in [2.05, 4.69) is 15.6 Å². The van der Waals surface area contributed by atoms with E-state index in [9.17, 15) is 14.7 Å². The predicted octanol–water partition coefficient (Wildman–Crippen LogP) is 4.58. The highest BCUT2D eigenvalue weighted by molar-refractivity contribution is 6.28. The smallest absolute Gasteiger partial charge is 0.407 e. The minimum Gasteiger partial charge on any atom is -0.506 e. The molecule has 0 saturated heterocycles. The standard InChI is InChI=1S/C24H29N3O4/c1-17(25-15-16-26-23(30)31-24(2,3)4)20(21(28)18-11-7-5-8-12-18)22(29)27-19-13-9-6-10-14-19/h5-14,28H,15-16H2,1-4H3,(H,26,30)(H,27,29)/b21-20+,25-17?. The van der Waals surface area contributed by atoms with Gasteiger partial charge in [0.25, 0.3) is 5.91 Å². The number of carbonyl (C=O) groups is 2. The highest BCUT2D eigenvalue weighted by Gasteiger charge is 2.20. The van der Waals surface area contributed by atoms with Gasteiger partial charge in [0, 0.05) is 23.5 Å². The van der Waals surface area contributed by atoms with Crippen LogP contribution in [0.5, 0.6) is 0 Å². The summed E-state index contributed by atoms with van der Waals surface area (Å²) in [5, 5.41) is 16.2. The first kappa shape index (κ1) is 23.7. The Balaban J connectivity index is 2.18. The van der Waals surface area contributed by atoms with E-state index >= 15 is 0 Å². The molecule has 0 spiro atoms. The Bertz CT molecular complexity index is 946. The Morgan fingerprint density at radius 2 is 1.58 bits per heavy atom. The zero-order chi connectivity index (χ0) is 22.9. The number of benzene rings is 2. The van der Waals surface area contributed by atoms with Crippen LogP contribution in [0.4, 0.5) is 10.5 Å². The van der Waals surface area contributed by atoms with Crippen molar-refractivity contribution >= 4 is 29.2 Å². The van der Waals surface area contributed by atoms with Gasteiger partial charge in [0.1, 0.15) is 16.9 Å². The van der Waals surface area contributed by atoms with Gasteiger partial charge in [0.05, 0.1) is 6.54 Å². The van der Waals surface area contributed by atoms with E-state index in [1.807, 2.05) is 12.1 Å². The molecular weight excluding hydrogens is 394 g/mol. The van der Waals surface area contributed by atoms with E-state index in [0.717, 1.165) is 0 Å². The molecule has 0 aromatic heterocycles. The molecule has 0 aliphatic rings. The summed E-state index contributed by atoms with van der Waals surface area (Å²) in [5.74, 6) is -0.649. The Morgan fingerprint density at radius 1 is 1.00 bits per heavy atom. The van der Waals surface area contributed by atoms with Crippen molar-refractivity contribution in [2.24, 2.45) is 4.99 Å². The van der Waals surface area contributed by atoms with Crippen molar-refractivity contribution in [3.63, 3.8) is 0 Å². The van der Waals surface area contributed by atoms with Crippen LogP contribution in [0, 0.1) is 0 Å². The van der Waals surface area contributed by atoms with E-state index in [1.165, 1.54) is 0 Å². The van der Waals surface area contributed by atoms with Gasteiger partial charge in [0.15, 0.2) is 0 Å². The number of aliphatic hydroxyl groups excluding tert-OH is 1. The maximum Gasteiger partial charge on any atom is 0.407 e. The van der Waals surface area contributed by atoms with Gasteiger partial charge in [-0.15, -0.1) is 0 Å². The van der Waals surface area contributed by atoms with Crippen LogP contribution in [-0.2, 0) is 9.53 Å². The highest BCUT2D eigenvalue weighted by atomic mass is 16.6. The van der Waals surface area contributed by atoms with Crippen LogP contribution in [0.2, 0.25) is 0 Å². The zero-order valence-corrected chi connectivity index (χ0v) is 18.3. The van der Waals surface area contributed by atoms with Crippen LogP contribution in [0.25, 0.3) is 5.76 Å². The molecule has 0 saturated carbocycles. The van der Waals surface area contributed by atoms with Crippen LogP contribution in [0.1, 0.15) is 33.3 Å². The number of alkyl carbamates (subject to hydrolysis) is 1. The first-order valence-electron chi connectivity index (χ1n) is 10.0. The Hall–Kier alpha value is -3.61. The molecule has 0 radical (unpaired) electrons. The normalized spacial score (nSPS) is 12.6. The molecule has 0 heterocycles. The van der Waals surface area contributed by atoms with Crippen LogP contribution in [0.3, 0.4) is 0 Å². The minimum atomic E-state index is -0.587. The van der Waals surface area contributed by atoms with Gasteiger partial charge in [-0.1, -0.05) is 48.5 Å². The second-order valence-electron chi connectivity index (χ2n) is 7.81. The molecule has 0 fully saturated rings. The largest absolute Gasteiger partial charge is 0.506 e. The minimum absolute atomic E-state index is 0.0623. The second-order valence-corrected chi connectivity index (χ2v) is 7.81. The molecule has 164 valence electrons. The maximum atomic E-state index is 13.0. The second kappa shape index (κ2) is 11.0. The summed E-state index contributed by atoms with van der Waals surface area (Å²) in [6.07, 6.45) is -0.537. The third-order valence-electron chi connectivity index (χ3n) is 4.03. The van der Waals surface area contributed by atoms with Crippen LogP contribution < -0.4 is 10.6 Å². The number of amides is 2. The van der Waals surface area contributed by atoms with Gasteiger partial charge in [-0.2, -0.15) is 0 Å². The fourth-order valence-corrected chi connectivity index (χ4v) is 2.67. The van der Waals surface area contributed by atoms with Crippen molar-refractivity contribution < 1.29 is 19.4 Å². The van der Waals surface area contributed by atoms with E-state index in [4.69, 9.17) is 4.74 Å². The number of anilines is 1. The molecule has 0 bridgehead atoms. The number of aliphatic imine (C=N–C) groups is 1. The summed E-state index contributed by atoms with van der Waals surface area (Å²) in [6.45, 7) is 7.44. The molecule has 2 aromatic rings. The average Bonchev–Trinajstić information content (AvgIpc) is 2.71. The Kier molecular flexibility index (Phi) is 8.37. The summed E-state index contributed by atoms with van der Waals surface area (Å²) in [5.41, 5.74) is 0.927. The third-order valence-corrected chi connectivity index (χ3v) is 4.03. The first-order chi connectivity index (χ1) is 14.7. The molecule has 7 heteroatoms. The number of ether oxygens (including phenoxy) is 1. The topological polar surface area (TPSA) is 100 Å². The molecule has 2 rings (SSSR count). The Morgan fingerprint density at radius 3 is 2.16 bits per heavy atom. The summed E-state index contributed by atoms with van der Waals surface area (Å²) in [6, 6.07) is 17.8. The lowest BCUT2D eigenvalue weighted by Crippen LogP contribution is -2.33. The molecule has 0 aliphatic carbocycles. The zero-order valence-electron chi connectivity index (χ0n) is 18.3. The lowest BCUT2D eigenvalue weighted by atomic mass is 10.0. The van der Waals surface area contributed by atoms with E-state index < -0.39 is 17.6 Å². The number of nitrogens with zero attached hydrogens (tertiary/aromatic N) is 1. The molecule has 2 amide bonds. The number of carbonyl (C=O) groups excluding carboxylic acids is 2. The van der Waals surface area contributed by atoms with Crippen molar-refractivity contribution in [1.29, 1.82) is 0 Å². The monoisotopic (exact) mass is 423 g/mol. The highest BCUT2D eigenvalue weighted by Crippen LogP contribution is 2.19. The number of aliphatic hydroxyl groups is 1. The average molecular weight is 424 g/mol. The van der Waals surface area contributed by atoms with Gasteiger partial charge in [0.2, 0.25) is 0 Å². The number of para-hydroxylation sites is 1. The van der Waals surface area contributed by atoms with Crippen molar-refractivity contribution in [2.45, 2.75) is 33.3 Å². The summed E-state index contributed by atoms with van der Waals surface area (Å²) < 4.78 is 5.18. The molecule has 0 unspecified atom stereocenters. The van der Waals surface area contributed by atoms with Crippen molar-refractivity contribution in [2.75, 3.05) is 18.4 Å². The van der Waals surface area contributed by atoms with E-state index in [1.54, 1.807) is 76.2 Å². The molecular formula is C24H29N3O4. The number of hydrogen-bond acceptors (Lipinski definition) is 5. The lowest BCUT2D eigenvalue weighted by Gasteiger charge is -2.19. The molecule has 3 N–H and O–H groups in total. The fraction of sp³-hybridized carbons (Fsp3) is 0.292. The van der Waals surface area contributed by atoms with E-state index in [0.29, 0.717) is 17.0 Å². The van der Waals surface area contributed by atoms with Crippen molar-refractivity contribution in [3.05, 3.63) is 71.8 Å².